The van der Waals surface area contributed by atoms with Crippen molar-refractivity contribution in [3.05, 3.63) is 33.9 Å². The number of hydrogen-bond donors (Lipinski definition) is 1. The number of hydrogen-bond acceptors (Lipinski definition) is 7. The normalized spacial score (nSPS) is 24.2. The summed E-state index contributed by atoms with van der Waals surface area (Å²) in [5.41, 5.74) is 2.10. The minimum atomic E-state index is -0.106. The van der Waals surface area contributed by atoms with E-state index in [-0.39, 0.29) is 17.6 Å². The van der Waals surface area contributed by atoms with E-state index >= 15 is 0 Å². The van der Waals surface area contributed by atoms with Crippen LogP contribution in [-0.2, 0) is 17.6 Å². The second-order valence-corrected chi connectivity index (χ2v) is 5.96. The zero-order chi connectivity index (χ0) is 14.2. The third-order valence-electron chi connectivity index (χ3n) is 4.04. The number of anilines is 1. The summed E-state index contributed by atoms with van der Waals surface area (Å²) in [7, 11) is 0. The first kappa shape index (κ1) is 12.9. The molecule has 0 bridgehead atoms. The molecule has 2 aromatic heterocycles. The lowest BCUT2D eigenvalue weighted by atomic mass is 10.1. The maximum Gasteiger partial charge on any atom is 0.267 e. The highest BCUT2D eigenvalue weighted by Gasteiger charge is 2.32. The number of fused-ring (bicyclic) bond motifs is 1. The van der Waals surface area contributed by atoms with Gasteiger partial charge in [0.15, 0.2) is 5.82 Å². The Labute approximate surface area is 125 Å². The van der Waals surface area contributed by atoms with Gasteiger partial charge in [0.25, 0.3) is 5.56 Å². The summed E-state index contributed by atoms with van der Waals surface area (Å²) < 4.78 is 15.2. The largest absolute Gasteiger partial charge is 0.377 e. The number of aromatic nitrogens is 4. The first-order valence-electron chi connectivity index (χ1n) is 7.05. The smallest absolute Gasteiger partial charge is 0.267 e. The Bertz CT molecular complexity index is 699. The van der Waals surface area contributed by atoms with Crippen LogP contribution in [0.3, 0.4) is 0 Å². The van der Waals surface area contributed by atoms with Gasteiger partial charge in [0.1, 0.15) is 6.04 Å². The van der Waals surface area contributed by atoms with Crippen LogP contribution in [-0.4, -0.2) is 37.8 Å². The zero-order valence-corrected chi connectivity index (χ0v) is 12.2. The Morgan fingerprint density at radius 1 is 1.38 bits per heavy atom. The van der Waals surface area contributed by atoms with Crippen molar-refractivity contribution >= 4 is 17.5 Å². The maximum absolute atomic E-state index is 12.3. The average molecular weight is 305 g/mol. The molecule has 0 aromatic carbocycles. The summed E-state index contributed by atoms with van der Waals surface area (Å²) >= 11 is 1.15. The van der Waals surface area contributed by atoms with E-state index in [9.17, 15) is 4.79 Å². The molecule has 3 heterocycles. The molecule has 2 aromatic rings. The lowest BCUT2D eigenvalue weighted by Crippen LogP contribution is -2.37. The van der Waals surface area contributed by atoms with Gasteiger partial charge in [0, 0.05) is 6.07 Å². The molecule has 1 N–H and O–H groups in total. The number of aryl methyl sites for hydroxylation is 2. The van der Waals surface area contributed by atoms with Gasteiger partial charge in [0.05, 0.1) is 42.9 Å². The van der Waals surface area contributed by atoms with E-state index in [1.807, 2.05) is 0 Å². The third kappa shape index (κ3) is 2.34. The Balaban J connectivity index is 1.64. The molecule has 1 fully saturated rings. The Morgan fingerprint density at radius 2 is 2.33 bits per heavy atom. The number of ether oxygens (including phenoxy) is 1. The molecule has 0 amide bonds. The highest BCUT2D eigenvalue weighted by Crippen LogP contribution is 2.23. The molecule has 110 valence electrons. The van der Waals surface area contributed by atoms with Gasteiger partial charge >= 0.3 is 0 Å². The van der Waals surface area contributed by atoms with Crippen LogP contribution < -0.4 is 10.9 Å². The number of rotatable bonds is 3. The molecular weight excluding hydrogens is 290 g/mol. The Hall–Kier alpha value is -1.80. The van der Waals surface area contributed by atoms with Gasteiger partial charge in [-0.3, -0.25) is 4.79 Å². The fourth-order valence-corrected chi connectivity index (χ4v) is 3.37. The minimum absolute atomic E-state index is 0.0152. The van der Waals surface area contributed by atoms with Crippen LogP contribution in [0.2, 0.25) is 0 Å². The molecule has 4 rings (SSSR count). The SMILES string of the molecule is O=c1cc2c(nn1C1COCC1Nc1cnsn1)CCC2. The molecule has 21 heavy (non-hydrogen) atoms. The van der Waals surface area contributed by atoms with Crippen molar-refractivity contribution in [2.45, 2.75) is 31.3 Å². The van der Waals surface area contributed by atoms with Gasteiger partial charge < -0.3 is 10.1 Å². The summed E-state index contributed by atoms with van der Waals surface area (Å²) in [6.45, 7) is 1.02. The summed E-state index contributed by atoms with van der Waals surface area (Å²) in [6, 6.07) is 1.61. The van der Waals surface area contributed by atoms with E-state index in [0.717, 1.165) is 48.1 Å². The summed E-state index contributed by atoms with van der Waals surface area (Å²) in [5.74, 6) is 0.717. The predicted molar refractivity (Wildman–Crippen MR) is 77.7 cm³/mol. The lowest BCUT2D eigenvalue weighted by molar-refractivity contribution is 0.182. The fourth-order valence-electron chi connectivity index (χ4n) is 2.99. The Kier molecular flexibility index (Phi) is 3.19. The first-order chi connectivity index (χ1) is 10.3. The van der Waals surface area contributed by atoms with Gasteiger partial charge in [-0.1, -0.05) is 0 Å². The van der Waals surface area contributed by atoms with Crippen molar-refractivity contribution < 1.29 is 4.74 Å². The van der Waals surface area contributed by atoms with Crippen molar-refractivity contribution in [1.82, 2.24) is 18.5 Å². The number of nitrogens with one attached hydrogen (secondary N) is 1. The van der Waals surface area contributed by atoms with Crippen LogP contribution in [0.25, 0.3) is 0 Å². The highest BCUT2D eigenvalue weighted by atomic mass is 32.1. The van der Waals surface area contributed by atoms with E-state index < -0.39 is 0 Å². The first-order valence-corrected chi connectivity index (χ1v) is 7.78. The van der Waals surface area contributed by atoms with Gasteiger partial charge in [0.2, 0.25) is 0 Å². The Morgan fingerprint density at radius 3 is 3.19 bits per heavy atom. The van der Waals surface area contributed by atoms with E-state index in [1.54, 1.807) is 16.9 Å². The van der Waals surface area contributed by atoms with Gasteiger partial charge in [-0.15, -0.1) is 0 Å². The lowest BCUT2D eigenvalue weighted by Gasteiger charge is -2.20. The molecule has 2 unspecified atom stereocenters. The van der Waals surface area contributed by atoms with Gasteiger partial charge in [-0.05, 0) is 24.8 Å². The molecule has 2 aliphatic rings. The third-order valence-corrected chi connectivity index (χ3v) is 4.52. The molecule has 8 heteroatoms. The summed E-state index contributed by atoms with van der Waals surface area (Å²) in [4.78, 5) is 12.3. The summed E-state index contributed by atoms with van der Waals surface area (Å²) in [5, 5.41) is 7.84. The quantitative estimate of drug-likeness (QED) is 0.896. The van der Waals surface area contributed by atoms with Crippen LogP contribution in [0.5, 0.6) is 0 Å². The average Bonchev–Trinajstić information content (AvgIpc) is 3.19. The minimum Gasteiger partial charge on any atom is -0.377 e. The van der Waals surface area contributed by atoms with Crippen LogP contribution in [0.1, 0.15) is 23.7 Å². The van der Waals surface area contributed by atoms with Crippen LogP contribution in [0, 0.1) is 0 Å². The fraction of sp³-hybridized carbons (Fsp3) is 0.538. The van der Waals surface area contributed by atoms with Crippen molar-refractivity contribution in [3.8, 4) is 0 Å². The standard InChI is InChI=1S/C13H15N5O2S/c19-13-4-8-2-1-3-9(8)16-18(13)11-7-20-6-10(11)15-12-5-14-21-17-12/h4-5,10-11H,1-3,6-7H2,(H,15,17). The van der Waals surface area contributed by atoms with Crippen molar-refractivity contribution in [3.63, 3.8) is 0 Å². The molecule has 1 saturated heterocycles. The van der Waals surface area contributed by atoms with E-state index in [0.29, 0.717) is 13.2 Å². The summed E-state index contributed by atoms with van der Waals surface area (Å²) in [6.07, 6.45) is 4.68. The molecule has 2 atom stereocenters. The van der Waals surface area contributed by atoms with E-state index in [1.165, 1.54) is 0 Å². The second-order valence-electron chi connectivity index (χ2n) is 5.40. The van der Waals surface area contributed by atoms with Crippen LogP contribution in [0.15, 0.2) is 17.1 Å². The monoisotopic (exact) mass is 305 g/mol. The number of nitrogens with zero attached hydrogens (tertiary/aromatic N) is 4. The molecule has 1 aliphatic heterocycles. The molecule has 0 radical (unpaired) electrons. The molecule has 1 aliphatic carbocycles. The molecule has 0 saturated carbocycles. The van der Waals surface area contributed by atoms with Crippen LogP contribution in [0.4, 0.5) is 5.82 Å². The van der Waals surface area contributed by atoms with Crippen molar-refractivity contribution in [2.24, 2.45) is 0 Å². The molecular formula is C13H15N5O2S. The van der Waals surface area contributed by atoms with Gasteiger partial charge in [-0.25, -0.2) is 4.68 Å². The molecule has 0 spiro atoms. The van der Waals surface area contributed by atoms with Crippen molar-refractivity contribution in [1.29, 1.82) is 0 Å². The van der Waals surface area contributed by atoms with Gasteiger partial charge in [-0.2, -0.15) is 13.8 Å². The van der Waals surface area contributed by atoms with E-state index in [2.05, 4.69) is 19.2 Å². The predicted octanol–water partition coefficient (Wildman–Crippen LogP) is 0.635. The maximum atomic E-state index is 12.3. The van der Waals surface area contributed by atoms with Crippen LogP contribution >= 0.6 is 11.7 Å². The topological polar surface area (TPSA) is 81.9 Å². The second kappa shape index (κ2) is 5.19. The van der Waals surface area contributed by atoms with E-state index in [4.69, 9.17) is 4.74 Å². The zero-order valence-electron chi connectivity index (χ0n) is 11.4. The molecule has 7 nitrogen and oxygen atoms in total. The van der Waals surface area contributed by atoms with Crippen molar-refractivity contribution in [2.75, 3.05) is 18.5 Å². The highest BCUT2D eigenvalue weighted by molar-refractivity contribution is 6.99.